The fourth-order valence-electron chi connectivity index (χ4n) is 6.42. The first-order valence-corrected chi connectivity index (χ1v) is 16.4. The Balaban J connectivity index is 1.14. The lowest BCUT2D eigenvalue weighted by molar-refractivity contribution is 0.669. The van der Waals surface area contributed by atoms with Crippen molar-refractivity contribution in [3.63, 3.8) is 0 Å². The SMILES string of the molecule is c1ccc(-c2cccc(-c3nc(-c4ccc(-c5ccc6oc7ccccc7c6c5)cc4)nc(-c4cccc(-c5ccccc5)c4)n3)c2)cc1. The summed E-state index contributed by atoms with van der Waals surface area (Å²) in [6.45, 7) is 0. The minimum Gasteiger partial charge on any atom is -0.456 e. The zero-order valence-electron chi connectivity index (χ0n) is 26.5. The fourth-order valence-corrected chi connectivity index (χ4v) is 6.42. The van der Waals surface area contributed by atoms with Crippen LogP contribution in [0.25, 0.3) is 89.5 Å². The molecule has 2 heterocycles. The fraction of sp³-hybridized carbons (Fsp3) is 0. The van der Waals surface area contributed by atoms with Crippen LogP contribution in [0.2, 0.25) is 0 Å². The summed E-state index contributed by atoms with van der Waals surface area (Å²) in [5, 5.41) is 2.23. The largest absolute Gasteiger partial charge is 0.456 e. The van der Waals surface area contributed by atoms with Crippen LogP contribution in [0.4, 0.5) is 0 Å². The first-order chi connectivity index (χ1) is 24.2. The molecule has 0 aliphatic heterocycles. The van der Waals surface area contributed by atoms with Gasteiger partial charge in [-0.2, -0.15) is 0 Å². The summed E-state index contributed by atoms with van der Waals surface area (Å²) in [7, 11) is 0. The van der Waals surface area contributed by atoms with E-state index in [-0.39, 0.29) is 0 Å². The lowest BCUT2D eigenvalue weighted by Gasteiger charge is -2.11. The minimum atomic E-state index is 0.623. The quantitative estimate of drug-likeness (QED) is 0.184. The molecule has 0 aliphatic rings. The molecule has 4 nitrogen and oxygen atoms in total. The molecule has 230 valence electrons. The number of para-hydroxylation sites is 1. The van der Waals surface area contributed by atoms with Gasteiger partial charge in [0, 0.05) is 27.5 Å². The summed E-state index contributed by atoms with van der Waals surface area (Å²) in [6.07, 6.45) is 0. The van der Waals surface area contributed by atoms with Crippen LogP contribution in [0.1, 0.15) is 0 Å². The summed E-state index contributed by atoms with van der Waals surface area (Å²) in [5.74, 6) is 1.88. The summed E-state index contributed by atoms with van der Waals surface area (Å²) in [5.41, 5.74) is 11.3. The number of rotatable bonds is 6. The summed E-state index contributed by atoms with van der Waals surface area (Å²) in [6, 6.07) is 60.5. The summed E-state index contributed by atoms with van der Waals surface area (Å²) < 4.78 is 6.06. The molecular formula is C45H29N3O. The van der Waals surface area contributed by atoms with E-state index in [0.717, 1.165) is 72.0 Å². The predicted molar refractivity (Wildman–Crippen MR) is 200 cm³/mol. The summed E-state index contributed by atoms with van der Waals surface area (Å²) in [4.78, 5) is 15.2. The third kappa shape index (κ3) is 5.56. The van der Waals surface area contributed by atoms with Gasteiger partial charge in [0.2, 0.25) is 0 Å². The lowest BCUT2D eigenvalue weighted by Crippen LogP contribution is -2.00. The van der Waals surface area contributed by atoms with Gasteiger partial charge < -0.3 is 4.42 Å². The predicted octanol–water partition coefficient (Wildman–Crippen LogP) is 11.8. The van der Waals surface area contributed by atoms with Crippen LogP contribution in [0.5, 0.6) is 0 Å². The van der Waals surface area contributed by atoms with Gasteiger partial charge in [-0.25, -0.2) is 15.0 Å². The Bertz CT molecular complexity index is 2490. The highest BCUT2D eigenvalue weighted by Gasteiger charge is 2.15. The number of furan rings is 1. The lowest BCUT2D eigenvalue weighted by atomic mass is 10.0. The average molecular weight is 628 g/mol. The van der Waals surface area contributed by atoms with Gasteiger partial charge in [-0.15, -0.1) is 0 Å². The molecule has 0 spiro atoms. The maximum absolute atomic E-state index is 6.06. The van der Waals surface area contributed by atoms with Crippen molar-refractivity contribution in [3.05, 3.63) is 176 Å². The summed E-state index contributed by atoms with van der Waals surface area (Å²) >= 11 is 0. The molecule has 0 fully saturated rings. The van der Waals surface area contributed by atoms with Gasteiger partial charge in [0.25, 0.3) is 0 Å². The van der Waals surface area contributed by atoms with Crippen LogP contribution >= 0.6 is 0 Å². The molecule has 9 aromatic rings. The second kappa shape index (κ2) is 12.2. The Morgan fingerprint density at radius 3 is 1.29 bits per heavy atom. The van der Waals surface area contributed by atoms with Gasteiger partial charge >= 0.3 is 0 Å². The molecule has 4 heteroatoms. The first-order valence-electron chi connectivity index (χ1n) is 16.4. The molecule has 0 bridgehead atoms. The molecule has 49 heavy (non-hydrogen) atoms. The number of hydrogen-bond acceptors (Lipinski definition) is 4. The molecule has 0 N–H and O–H groups in total. The van der Waals surface area contributed by atoms with E-state index in [4.69, 9.17) is 19.4 Å². The molecule has 0 radical (unpaired) electrons. The zero-order chi connectivity index (χ0) is 32.6. The smallest absolute Gasteiger partial charge is 0.164 e. The minimum absolute atomic E-state index is 0.623. The van der Waals surface area contributed by atoms with Crippen LogP contribution in [-0.4, -0.2) is 15.0 Å². The van der Waals surface area contributed by atoms with E-state index in [1.165, 1.54) is 0 Å². The monoisotopic (exact) mass is 627 g/mol. The molecule has 0 atom stereocenters. The molecule has 0 saturated heterocycles. The maximum atomic E-state index is 6.06. The van der Waals surface area contributed by atoms with E-state index in [0.29, 0.717) is 17.5 Å². The maximum Gasteiger partial charge on any atom is 0.164 e. The molecule has 7 aromatic carbocycles. The van der Waals surface area contributed by atoms with Crippen molar-refractivity contribution in [1.82, 2.24) is 15.0 Å². The van der Waals surface area contributed by atoms with Gasteiger partial charge in [0.1, 0.15) is 11.2 Å². The van der Waals surface area contributed by atoms with Crippen molar-refractivity contribution in [2.45, 2.75) is 0 Å². The van der Waals surface area contributed by atoms with Gasteiger partial charge in [-0.05, 0) is 63.7 Å². The van der Waals surface area contributed by atoms with E-state index < -0.39 is 0 Å². The molecular weight excluding hydrogens is 599 g/mol. The molecule has 0 unspecified atom stereocenters. The van der Waals surface area contributed by atoms with Crippen molar-refractivity contribution in [2.24, 2.45) is 0 Å². The third-order valence-electron chi connectivity index (χ3n) is 8.94. The number of benzene rings is 7. The van der Waals surface area contributed by atoms with Crippen LogP contribution < -0.4 is 0 Å². The Morgan fingerprint density at radius 1 is 0.265 bits per heavy atom. The van der Waals surface area contributed by atoms with E-state index in [2.05, 4.69) is 146 Å². The van der Waals surface area contributed by atoms with Crippen molar-refractivity contribution in [3.8, 4) is 67.5 Å². The van der Waals surface area contributed by atoms with E-state index in [1.54, 1.807) is 0 Å². The topological polar surface area (TPSA) is 51.8 Å². The number of fused-ring (bicyclic) bond motifs is 3. The van der Waals surface area contributed by atoms with Crippen molar-refractivity contribution in [1.29, 1.82) is 0 Å². The van der Waals surface area contributed by atoms with E-state index in [1.807, 2.05) is 30.3 Å². The number of aromatic nitrogens is 3. The second-order valence-corrected chi connectivity index (χ2v) is 12.1. The Kier molecular flexibility index (Phi) is 7.10. The Labute approximate surface area is 284 Å². The second-order valence-electron chi connectivity index (χ2n) is 12.1. The van der Waals surface area contributed by atoms with Crippen LogP contribution in [0.3, 0.4) is 0 Å². The van der Waals surface area contributed by atoms with Gasteiger partial charge in [-0.1, -0.05) is 146 Å². The van der Waals surface area contributed by atoms with Gasteiger partial charge in [-0.3, -0.25) is 0 Å². The Morgan fingerprint density at radius 2 is 0.673 bits per heavy atom. The van der Waals surface area contributed by atoms with Crippen molar-refractivity contribution >= 4 is 21.9 Å². The number of nitrogens with zero attached hydrogens (tertiary/aromatic N) is 3. The molecule has 2 aromatic heterocycles. The molecule has 0 amide bonds. The standard InChI is InChI=1S/C45H29N3O/c1-3-11-30(12-4-1)34-15-9-17-37(27-34)44-46-43(47-45(48-44)38-18-10-16-35(28-38)31-13-5-2-6-14-31)33-23-21-32(22-24-33)36-25-26-42-40(29-36)39-19-7-8-20-41(39)49-42/h1-29H. The first kappa shape index (κ1) is 28.6. The van der Waals surface area contributed by atoms with Gasteiger partial charge in [0.15, 0.2) is 17.5 Å². The highest BCUT2D eigenvalue weighted by Crippen LogP contribution is 2.34. The zero-order valence-corrected chi connectivity index (χ0v) is 26.5. The van der Waals surface area contributed by atoms with Gasteiger partial charge in [0.05, 0.1) is 0 Å². The molecule has 9 rings (SSSR count). The van der Waals surface area contributed by atoms with Crippen molar-refractivity contribution < 1.29 is 4.42 Å². The van der Waals surface area contributed by atoms with Crippen LogP contribution in [0, 0.1) is 0 Å². The number of hydrogen-bond donors (Lipinski definition) is 0. The normalized spacial score (nSPS) is 11.3. The highest BCUT2D eigenvalue weighted by molar-refractivity contribution is 6.06. The van der Waals surface area contributed by atoms with Crippen LogP contribution in [-0.2, 0) is 0 Å². The Hall–Kier alpha value is -6.65. The highest BCUT2D eigenvalue weighted by atomic mass is 16.3. The van der Waals surface area contributed by atoms with E-state index >= 15 is 0 Å². The third-order valence-corrected chi connectivity index (χ3v) is 8.94. The van der Waals surface area contributed by atoms with Crippen LogP contribution in [0.15, 0.2) is 180 Å². The van der Waals surface area contributed by atoms with E-state index in [9.17, 15) is 0 Å². The van der Waals surface area contributed by atoms with Crippen molar-refractivity contribution in [2.75, 3.05) is 0 Å². The molecule has 0 saturated carbocycles. The average Bonchev–Trinajstić information content (AvgIpc) is 3.57. The molecule has 0 aliphatic carbocycles.